The molecule has 0 saturated heterocycles. The van der Waals surface area contributed by atoms with Crippen molar-refractivity contribution in [1.29, 1.82) is 0 Å². The maximum absolute atomic E-state index is 9.38. The van der Waals surface area contributed by atoms with Gasteiger partial charge in [-0.15, -0.1) is 0 Å². The van der Waals surface area contributed by atoms with Gasteiger partial charge in [-0.1, -0.05) is 29.3 Å². The Morgan fingerprint density at radius 3 is 2.53 bits per heavy atom. The minimum Gasteiger partial charge on any atom is -0.387 e. The highest BCUT2D eigenvalue weighted by molar-refractivity contribution is 6.35. The lowest BCUT2D eigenvalue weighted by Gasteiger charge is -2.07. The maximum Gasteiger partial charge on any atom is 0.0953 e. The largest absolute Gasteiger partial charge is 0.387 e. The Labute approximate surface area is 110 Å². The van der Waals surface area contributed by atoms with E-state index in [1.165, 1.54) is 0 Å². The highest BCUT2D eigenvalue weighted by atomic mass is 35.5. The van der Waals surface area contributed by atoms with Crippen molar-refractivity contribution >= 4 is 23.2 Å². The topological polar surface area (TPSA) is 38.0 Å². The first kappa shape index (κ1) is 12.4. The predicted octanol–water partition coefficient (Wildman–Crippen LogP) is 3.29. The molecule has 1 unspecified atom stereocenters. The summed E-state index contributed by atoms with van der Waals surface area (Å²) in [6.45, 7) is 2.22. The van der Waals surface area contributed by atoms with Crippen molar-refractivity contribution in [2.24, 2.45) is 0 Å². The van der Waals surface area contributed by atoms with Crippen LogP contribution in [0.15, 0.2) is 30.7 Å². The van der Waals surface area contributed by atoms with Crippen LogP contribution < -0.4 is 0 Å². The minimum absolute atomic E-state index is 0.540. The SMILES string of the molecule is CC(O)c1cn(Cc2c(Cl)cccc2Cl)cn1. The summed E-state index contributed by atoms with van der Waals surface area (Å²) in [5, 5.41) is 10.6. The molecule has 1 aromatic carbocycles. The second-order valence-corrected chi connectivity index (χ2v) is 4.66. The highest BCUT2D eigenvalue weighted by Gasteiger charge is 2.08. The molecule has 0 saturated carbocycles. The third-order valence-electron chi connectivity index (χ3n) is 2.48. The summed E-state index contributed by atoms with van der Waals surface area (Å²) in [7, 11) is 0. The van der Waals surface area contributed by atoms with Crippen LogP contribution in [0.1, 0.15) is 24.3 Å². The lowest BCUT2D eigenvalue weighted by atomic mass is 10.2. The number of imidazole rings is 1. The number of aliphatic hydroxyl groups excluding tert-OH is 1. The minimum atomic E-state index is -0.571. The van der Waals surface area contributed by atoms with E-state index in [-0.39, 0.29) is 0 Å². The Kier molecular flexibility index (Phi) is 3.72. The normalized spacial score (nSPS) is 12.7. The van der Waals surface area contributed by atoms with Gasteiger partial charge in [-0.2, -0.15) is 0 Å². The van der Waals surface area contributed by atoms with Gasteiger partial charge in [0.1, 0.15) is 0 Å². The zero-order valence-corrected chi connectivity index (χ0v) is 10.8. The van der Waals surface area contributed by atoms with Crippen molar-refractivity contribution in [3.05, 3.63) is 52.0 Å². The maximum atomic E-state index is 9.38. The van der Waals surface area contributed by atoms with Crippen molar-refractivity contribution in [3.63, 3.8) is 0 Å². The Balaban J connectivity index is 2.25. The van der Waals surface area contributed by atoms with Crippen LogP contribution in [0.25, 0.3) is 0 Å². The van der Waals surface area contributed by atoms with Crippen molar-refractivity contribution in [1.82, 2.24) is 9.55 Å². The molecule has 3 nitrogen and oxygen atoms in total. The monoisotopic (exact) mass is 270 g/mol. The summed E-state index contributed by atoms with van der Waals surface area (Å²) < 4.78 is 1.84. The van der Waals surface area contributed by atoms with Crippen molar-refractivity contribution in [2.45, 2.75) is 19.6 Å². The van der Waals surface area contributed by atoms with E-state index in [2.05, 4.69) is 4.98 Å². The zero-order valence-electron chi connectivity index (χ0n) is 9.27. The summed E-state index contributed by atoms with van der Waals surface area (Å²) in [5.41, 5.74) is 1.48. The fourth-order valence-corrected chi connectivity index (χ4v) is 2.06. The standard InChI is InChI=1S/C12H12Cl2N2O/c1-8(17)12-6-16(7-15-12)5-9-10(13)3-2-4-11(9)14/h2-4,6-8,17H,5H2,1H3. The molecule has 1 aromatic heterocycles. The van der Waals surface area contributed by atoms with Crippen molar-refractivity contribution in [3.8, 4) is 0 Å². The first-order valence-electron chi connectivity index (χ1n) is 5.20. The molecule has 0 aliphatic carbocycles. The molecule has 0 radical (unpaired) electrons. The molecular formula is C12H12Cl2N2O. The van der Waals surface area contributed by atoms with E-state index in [1.807, 2.05) is 10.6 Å². The Bertz CT molecular complexity index is 503. The third-order valence-corrected chi connectivity index (χ3v) is 3.19. The van der Waals surface area contributed by atoms with Gasteiger partial charge in [0.15, 0.2) is 0 Å². The van der Waals surface area contributed by atoms with Gasteiger partial charge >= 0.3 is 0 Å². The number of rotatable bonds is 3. The van der Waals surface area contributed by atoms with E-state index in [0.29, 0.717) is 22.3 Å². The number of aromatic nitrogens is 2. The van der Waals surface area contributed by atoms with Crippen LogP contribution in [0.5, 0.6) is 0 Å². The number of nitrogens with zero attached hydrogens (tertiary/aromatic N) is 2. The van der Waals surface area contributed by atoms with E-state index < -0.39 is 6.10 Å². The van der Waals surface area contributed by atoms with Gasteiger partial charge in [-0.3, -0.25) is 0 Å². The summed E-state index contributed by atoms with van der Waals surface area (Å²) >= 11 is 12.2. The Morgan fingerprint density at radius 1 is 1.35 bits per heavy atom. The molecule has 0 bridgehead atoms. The molecule has 1 heterocycles. The van der Waals surface area contributed by atoms with Crippen LogP contribution in [0, 0.1) is 0 Å². The van der Waals surface area contributed by atoms with E-state index >= 15 is 0 Å². The molecule has 5 heteroatoms. The number of hydrogen-bond donors (Lipinski definition) is 1. The summed E-state index contributed by atoms with van der Waals surface area (Å²) in [6, 6.07) is 5.41. The molecule has 1 N–H and O–H groups in total. The summed E-state index contributed by atoms with van der Waals surface area (Å²) in [5.74, 6) is 0. The van der Waals surface area contributed by atoms with Crippen LogP contribution in [-0.4, -0.2) is 14.7 Å². The number of benzene rings is 1. The van der Waals surface area contributed by atoms with Crippen LogP contribution in [0.4, 0.5) is 0 Å². The molecule has 0 fully saturated rings. The number of aliphatic hydroxyl groups is 1. The van der Waals surface area contributed by atoms with E-state index in [1.54, 1.807) is 31.6 Å². The van der Waals surface area contributed by atoms with E-state index in [0.717, 1.165) is 5.56 Å². The molecule has 1 atom stereocenters. The molecular weight excluding hydrogens is 259 g/mol. The first-order valence-corrected chi connectivity index (χ1v) is 5.96. The predicted molar refractivity (Wildman–Crippen MR) is 68.4 cm³/mol. The zero-order chi connectivity index (χ0) is 12.4. The van der Waals surface area contributed by atoms with Crippen molar-refractivity contribution in [2.75, 3.05) is 0 Å². The Hall–Kier alpha value is -1.03. The molecule has 0 aliphatic heterocycles. The summed E-state index contributed by atoms with van der Waals surface area (Å²) in [6.07, 6.45) is 2.87. The van der Waals surface area contributed by atoms with Crippen LogP contribution >= 0.6 is 23.2 Å². The Morgan fingerprint density at radius 2 is 2.00 bits per heavy atom. The van der Waals surface area contributed by atoms with E-state index in [4.69, 9.17) is 23.2 Å². The second-order valence-electron chi connectivity index (χ2n) is 3.85. The van der Waals surface area contributed by atoms with Crippen LogP contribution in [0.3, 0.4) is 0 Å². The quantitative estimate of drug-likeness (QED) is 0.930. The van der Waals surface area contributed by atoms with Gasteiger partial charge in [0.2, 0.25) is 0 Å². The van der Waals surface area contributed by atoms with Gasteiger partial charge in [-0.25, -0.2) is 4.98 Å². The molecule has 0 spiro atoms. The molecule has 90 valence electrons. The fourth-order valence-electron chi connectivity index (χ4n) is 1.55. The number of hydrogen-bond acceptors (Lipinski definition) is 2. The van der Waals surface area contributed by atoms with Gasteiger partial charge in [0.05, 0.1) is 24.7 Å². The molecule has 2 rings (SSSR count). The van der Waals surface area contributed by atoms with Gasteiger partial charge in [0.25, 0.3) is 0 Å². The third kappa shape index (κ3) is 2.80. The molecule has 17 heavy (non-hydrogen) atoms. The fraction of sp³-hybridized carbons (Fsp3) is 0.250. The average molecular weight is 271 g/mol. The number of halogens is 2. The van der Waals surface area contributed by atoms with Crippen LogP contribution in [0.2, 0.25) is 10.0 Å². The lowest BCUT2D eigenvalue weighted by molar-refractivity contribution is 0.195. The smallest absolute Gasteiger partial charge is 0.0953 e. The highest BCUT2D eigenvalue weighted by Crippen LogP contribution is 2.25. The molecule has 0 aliphatic rings. The van der Waals surface area contributed by atoms with Crippen molar-refractivity contribution < 1.29 is 5.11 Å². The molecule has 2 aromatic rings. The van der Waals surface area contributed by atoms with E-state index in [9.17, 15) is 5.11 Å². The van der Waals surface area contributed by atoms with Gasteiger partial charge < -0.3 is 9.67 Å². The first-order chi connectivity index (χ1) is 8.08. The molecule has 0 amide bonds. The average Bonchev–Trinajstić information content (AvgIpc) is 2.72. The summed E-state index contributed by atoms with van der Waals surface area (Å²) in [4.78, 5) is 4.10. The van der Waals surface area contributed by atoms with Gasteiger partial charge in [-0.05, 0) is 19.1 Å². The lowest BCUT2D eigenvalue weighted by Crippen LogP contribution is -1.98. The van der Waals surface area contributed by atoms with Crippen LogP contribution in [-0.2, 0) is 6.54 Å². The van der Waals surface area contributed by atoms with Gasteiger partial charge in [0, 0.05) is 21.8 Å². The second kappa shape index (κ2) is 5.08.